The minimum atomic E-state index is -3.80. The molecule has 31 heavy (non-hydrogen) atoms. The molecule has 0 radical (unpaired) electrons. The van der Waals surface area contributed by atoms with Gasteiger partial charge in [-0.3, -0.25) is 4.79 Å². The standard InChI is InChI=1S/C22H28N4O3S2/c1-4-26-20-13-12-18(31(23,28)29)14-19(20)25-22(26)30-16(3)21(27)24-15(2)10-11-17-8-6-5-7-9-17/h5-9,12-16H,4,10-11H2,1-3H3,(H,24,27)(H2,23,28,29)/t15-,16-/m1/s1. The number of sulfonamides is 1. The van der Waals surface area contributed by atoms with Gasteiger partial charge in [0.1, 0.15) is 0 Å². The van der Waals surface area contributed by atoms with E-state index >= 15 is 0 Å². The summed E-state index contributed by atoms with van der Waals surface area (Å²) in [7, 11) is -3.80. The third-order valence-corrected chi connectivity index (χ3v) is 7.08. The molecule has 1 aromatic heterocycles. The van der Waals surface area contributed by atoms with E-state index in [0.29, 0.717) is 17.2 Å². The van der Waals surface area contributed by atoms with Crippen molar-refractivity contribution in [3.63, 3.8) is 0 Å². The fraction of sp³-hybridized carbons (Fsp3) is 0.364. The van der Waals surface area contributed by atoms with Gasteiger partial charge in [0.25, 0.3) is 0 Å². The first-order valence-electron chi connectivity index (χ1n) is 10.2. The summed E-state index contributed by atoms with van der Waals surface area (Å²) in [6.45, 7) is 6.48. The SMILES string of the molecule is CCn1c(S[C@H](C)C(=O)N[C@H](C)CCc2ccccc2)nc2cc(S(N)(=O)=O)ccc21. The number of hydrogen-bond acceptors (Lipinski definition) is 5. The van der Waals surface area contributed by atoms with Crippen molar-refractivity contribution in [3.05, 3.63) is 54.1 Å². The monoisotopic (exact) mass is 460 g/mol. The predicted octanol–water partition coefficient (Wildman–Crippen LogP) is 3.32. The molecule has 0 saturated heterocycles. The van der Waals surface area contributed by atoms with E-state index in [2.05, 4.69) is 22.4 Å². The number of thioether (sulfide) groups is 1. The average molecular weight is 461 g/mol. The summed E-state index contributed by atoms with van der Waals surface area (Å²) in [6, 6.07) is 14.9. The minimum Gasteiger partial charge on any atom is -0.353 e. The van der Waals surface area contributed by atoms with Crippen LogP contribution in [-0.2, 0) is 27.8 Å². The first-order chi connectivity index (χ1) is 14.7. The molecule has 1 heterocycles. The Bertz CT molecular complexity index is 1160. The second kappa shape index (κ2) is 9.84. The van der Waals surface area contributed by atoms with Crippen LogP contribution >= 0.6 is 11.8 Å². The zero-order valence-corrected chi connectivity index (χ0v) is 19.5. The second-order valence-corrected chi connectivity index (χ2v) is 10.4. The van der Waals surface area contributed by atoms with E-state index in [1.807, 2.05) is 43.5 Å². The zero-order valence-electron chi connectivity index (χ0n) is 17.9. The Morgan fingerprint density at radius 2 is 1.90 bits per heavy atom. The van der Waals surface area contributed by atoms with Crippen LogP contribution in [-0.4, -0.2) is 35.2 Å². The molecule has 3 rings (SSSR count). The smallest absolute Gasteiger partial charge is 0.238 e. The number of amides is 1. The number of nitrogens with one attached hydrogen (secondary N) is 1. The number of fused-ring (bicyclic) bond motifs is 1. The summed E-state index contributed by atoms with van der Waals surface area (Å²) in [4.78, 5) is 17.3. The van der Waals surface area contributed by atoms with E-state index in [1.54, 1.807) is 6.07 Å². The van der Waals surface area contributed by atoms with Crippen molar-refractivity contribution >= 4 is 38.7 Å². The molecule has 9 heteroatoms. The number of nitrogens with two attached hydrogens (primary N) is 1. The molecule has 3 N–H and O–H groups in total. The number of hydrogen-bond donors (Lipinski definition) is 2. The highest BCUT2D eigenvalue weighted by Crippen LogP contribution is 2.28. The Labute approximate surface area is 187 Å². The molecule has 0 unspecified atom stereocenters. The summed E-state index contributed by atoms with van der Waals surface area (Å²) in [5, 5.41) is 8.63. The van der Waals surface area contributed by atoms with Crippen LogP contribution in [0.2, 0.25) is 0 Å². The number of primary sulfonamides is 1. The van der Waals surface area contributed by atoms with Crippen molar-refractivity contribution in [2.24, 2.45) is 5.14 Å². The van der Waals surface area contributed by atoms with Gasteiger partial charge in [0.05, 0.1) is 21.2 Å². The molecule has 0 saturated carbocycles. The maximum Gasteiger partial charge on any atom is 0.238 e. The molecule has 7 nitrogen and oxygen atoms in total. The highest BCUT2D eigenvalue weighted by molar-refractivity contribution is 8.00. The summed E-state index contributed by atoms with van der Waals surface area (Å²) >= 11 is 1.36. The quantitative estimate of drug-likeness (QED) is 0.476. The molecule has 0 bridgehead atoms. The summed E-state index contributed by atoms with van der Waals surface area (Å²) in [6.07, 6.45) is 1.76. The molecule has 0 aliphatic rings. The lowest BCUT2D eigenvalue weighted by Crippen LogP contribution is -2.38. The Morgan fingerprint density at radius 3 is 2.55 bits per heavy atom. The lowest BCUT2D eigenvalue weighted by molar-refractivity contribution is -0.120. The van der Waals surface area contributed by atoms with E-state index < -0.39 is 10.0 Å². The normalized spacial score (nSPS) is 13.8. The summed E-state index contributed by atoms with van der Waals surface area (Å²) in [5.74, 6) is -0.0505. The Balaban J connectivity index is 1.67. The van der Waals surface area contributed by atoms with Gasteiger partial charge in [0.15, 0.2) is 5.16 Å². The first kappa shape index (κ1) is 23.3. The van der Waals surface area contributed by atoms with Gasteiger partial charge in [0, 0.05) is 12.6 Å². The zero-order chi connectivity index (χ0) is 22.6. The third-order valence-electron chi connectivity index (χ3n) is 5.08. The molecule has 166 valence electrons. The van der Waals surface area contributed by atoms with Crippen molar-refractivity contribution in [2.45, 2.75) is 61.5 Å². The van der Waals surface area contributed by atoms with Gasteiger partial charge in [-0.1, -0.05) is 42.1 Å². The second-order valence-electron chi connectivity index (χ2n) is 7.53. The van der Waals surface area contributed by atoms with Crippen LogP contribution < -0.4 is 10.5 Å². The van der Waals surface area contributed by atoms with Gasteiger partial charge < -0.3 is 9.88 Å². The lowest BCUT2D eigenvalue weighted by atomic mass is 10.1. The van der Waals surface area contributed by atoms with Crippen molar-refractivity contribution < 1.29 is 13.2 Å². The number of carbonyl (C=O) groups excluding carboxylic acids is 1. The Kier molecular flexibility index (Phi) is 7.40. The van der Waals surface area contributed by atoms with E-state index in [1.165, 1.54) is 29.5 Å². The molecule has 0 aliphatic carbocycles. The maximum atomic E-state index is 12.7. The average Bonchev–Trinajstić information content (AvgIpc) is 3.08. The van der Waals surface area contributed by atoms with Gasteiger partial charge in [0.2, 0.25) is 15.9 Å². The fourth-order valence-electron chi connectivity index (χ4n) is 3.33. The van der Waals surface area contributed by atoms with Crippen LogP contribution in [0, 0.1) is 0 Å². The molecule has 2 atom stereocenters. The summed E-state index contributed by atoms with van der Waals surface area (Å²) in [5.41, 5.74) is 2.60. The molecular formula is C22H28N4O3S2. The van der Waals surface area contributed by atoms with Crippen LogP contribution in [0.25, 0.3) is 11.0 Å². The number of rotatable bonds is 9. The van der Waals surface area contributed by atoms with E-state index in [9.17, 15) is 13.2 Å². The van der Waals surface area contributed by atoms with Crippen molar-refractivity contribution in [3.8, 4) is 0 Å². The third kappa shape index (κ3) is 5.87. The lowest BCUT2D eigenvalue weighted by Gasteiger charge is -2.17. The number of benzene rings is 2. The highest BCUT2D eigenvalue weighted by Gasteiger charge is 2.21. The minimum absolute atomic E-state index is 0.0235. The fourth-order valence-corrected chi connectivity index (χ4v) is 4.86. The van der Waals surface area contributed by atoms with Gasteiger partial charge in [-0.05, 0) is 57.4 Å². The van der Waals surface area contributed by atoms with Crippen molar-refractivity contribution in [1.82, 2.24) is 14.9 Å². The predicted molar refractivity (Wildman–Crippen MR) is 124 cm³/mol. The van der Waals surface area contributed by atoms with Gasteiger partial charge in [-0.15, -0.1) is 0 Å². The molecule has 2 aromatic carbocycles. The Morgan fingerprint density at radius 1 is 1.19 bits per heavy atom. The van der Waals surface area contributed by atoms with Crippen LogP contribution in [0.15, 0.2) is 58.6 Å². The van der Waals surface area contributed by atoms with Crippen LogP contribution in [0.1, 0.15) is 32.8 Å². The molecule has 0 aliphatic heterocycles. The van der Waals surface area contributed by atoms with Gasteiger partial charge in [-0.25, -0.2) is 18.5 Å². The van der Waals surface area contributed by atoms with Crippen LogP contribution in [0.5, 0.6) is 0 Å². The largest absolute Gasteiger partial charge is 0.353 e. The van der Waals surface area contributed by atoms with Gasteiger partial charge in [-0.2, -0.15) is 0 Å². The summed E-state index contributed by atoms with van der Waals surface area (Å²) < 4.78 is 25.2. The number of nitrogens with zero attached hydrogens (tertiary/aromatic N) is 2. The van der Waals surface area contributed by atoms with E-state index in [0.717, 1.165) is 18.4 Å². The van der Waals surface area contributed by atoms with Crippen molar-refractivity contribution in [1.29, 1.82) is 0 Å². The number of aryl methyl sites for hydroxylation is 2. The molecular weight excluding hydrogens is 432 g/mol. The number of carbonyl (C=O) groups is 1. The van der Waals surface area contributed by atoms with Crippen LogP contribution in [0.4, 0.5) is 0 Å². The van der Waals surface area contributed by atoms with Crippen molar-refractivity contribution in [2.75, 3.05) is 0 Å². The topological polar surface area (TPSA) is 107 Å². The van der Waals surface area contributed by atoms with E-state index in [-0.39, 0.29) is 22.1 Å². The molecule has 1 amide bonds. The highest BCUT2D eigenvalue weighted by atomic mass is 32.2. The molecule has 0 spiro atoms. The maximum absolute atomic E-state index is 12.7. The Hall–Kier alpha value is -2.36. The molecule has 3 aromatic rings. The number of aromatic nitrogens is 2. The first-order valence-corrected chi connectivity index (χ1v) is 12.7. The van der Waals surface area contributed by atoms with Crippen LogP contribution in [0.3, 0.4) is 0 Å². The molecule has 0 fully saturated rings. The number of imidazole rings is 1. The van der Waals surface area contributed by atoms with Gasteiger partial charge >= 0.3 is 0 Å². The van der Waals surface area contributed by atoms with E-state index in [4.69, 9.17) is 5.14 Å².